The van der Waals surface area contributed by atoms with E-state index in [1.54, 1.807) is 0 Å². The van der Waals surface area contributed by atoms with E-state index in [9.17, 15) is 0 Å². The summed E-state index contributed by atoms with van der Waals surface area (Å²) in [6.45, 7) is 10.2. The number of nitrogens with two attached hydrogens (primary N) is 1. The van der Waals surface area contributed by atoms with Gasteiger partial charge in [0.1, 0.15) is 0 Å². The summed E-state index contributed by atoms with van der Waals surface area (Å²) < 4.78 is 0. The molecule has 1 atom stereocenters. The van der Waals surface area contributed by atoms with E-state index in [2.05, 4.69) is 20.4 Å². The molecule has 0 spiro atoms. The van der Waals surface area contributed by atoms with Crippen LogP contribution in [0.1, 0.15) is 33.6 Å². The van der Waals surface area contributed by atoms with Crippen molar-refractivity contribution < 1.29 is 0 Å². The minimum Gasteiger partial charge on any atom is -0.324 e. The molecular formula is C9H19N. The Kier molecular flexibility index (Phi) is 4.37. The monoisotopic (exact) mass is 141 g/mol. The summed E-state index contributed by atoms with van der Waals surface area (Å²) >= 11 is 0. The number of hydrogen-bond acceptors (Lipinski definition) is 1. The first-order chi connectivity index (χ1) is 4.63. The quantitative estimate of drug-likeness (QED) is 0.597. The van der Waals surface area contributed by atoms with Crippen LogP contribution in [0.3, 0.4) is 0 Å². The van der Waals surface area contributed by atoms with Gasteiger partial charge in [-0.2, -0.15) is 0 Å². The molecule has 0 amide bonds. The van der Waals surface area contributed by atoms with Gasteiger partial charge in [-0.1, -0.05) is 38.8 Å². The second-order valence-electron chi connectivity index (χ2n) is 2.95. The first-order valence-electron chi connectivity index (χ1n) is 4.04. The second-order valence-corrected chi connectivity index (χ2v) is 2.95. The standard InChI is InChI=1S/C9H19N/c1-5-8(6-2)9(10)7(3)4/h8-9H,3,5-6,10H2,1-2,4H3. The smallest absolute Gasteiger partial charge is 0.0276 e. The van der Waals surface area contributed by atoms with Crippen LogP contribution in [0.5, 0.6) is 0 Å². The summed E-state index contributed by atoms with van der Waals surface area (Å²) in [6, 6.07) is 0.204. The van der Waals surface area contributed by atoms with E-state index in [4.69, 9.17) is 5.73 Å². The predicted molar refractivity (Wildman–Crippen MR) is 46.9 cm³/mol. The van der Waals surface area contributed by atoms with Gasteiger partial charge in [-0.05, 0) is 12.8 Å². The molecule has 1 unspecified atom stereocenters. The van der Waals surface area contributed by atoms with Crippen molar-refractivity contribution in [3.8, 4) is 0 Å². The van der Waals surface area contributed by atoms with Crippen molar-refractivity contribution in [1.82, 2.24) is 0 Å². The zero-order chi connectivity index (χ0) is 8.15. The Bertz CT molecular complexity index is 103. The summed E-state index contributed by atoms with van der Waals surface area (Å²) in [4.78, 5) is 0. The maximum absolute atomic E-state index is 5.88. The Morgan fingerprint density at radius 1 is 1.40 bits per heavy atom. The maximum Gasteiger partial charge on any atom is 0.0276 e. The molecular weight excluding hydrogens is 122 g/mol. The molecule has 0 aromatic carbocycles. The van der Waals surface area contributed by atoms with E-state index in [1.165, 1.54) is 0 Å². The highest BCUT2D eigenvalue weighted by molar-refractivity contribution is 5.02. The lowest BCUT2D eigenvalue weighted by atomic mass is 9.91. The van der Waals surface area contributed by atoms with Crippen LogP contribution in [0.4, 0.5) is 0 Å². The van der Waals surface area contributed by atoms with Gasteiger partial charge in [0.25, 0.3) is 0 Å². The first kappa shape index (κ1) is 9.70. The fraction of sp³-hybridized carbons (Fsp3) is 0.778. The van der Waals surface area contributed by atoms with E-state index in [0.717, 1.165) is 18.4 Å². The Labute approximate surface area is 64.3 Å². The molecule has 0 aromatic rings. The lowest BCUT2D eigenvalue weighted by Gasteiger charge is -2.20. The molecule has 2 N–H and O–H groups in total. The zero-order valence-corrected chi connectivity index (χ0v) is 7.35. The Morgan fingerprint density at radius 2 is 1.80 bits per heavy atom. The highest BCUT2D eigenvalue weighted by Gasteiger charge is 2.13. The molecule has 0 aromatic heterocycles. The van der Waals surface area contributed by atoms with Crippen LogP contribution in [-0.2, 0) is 0 Å². The van der Waals surface area contributed by atoms with E-state index in [-0.39, 0.29) is 6.04 Å². The van der Waals surface area contributed by atoms with E-state index < -0.39 is 0 Å². The van der Waals surface area contributed by atoms with Gasteiger partial charge in [0.15, 0.2) is 0 Å². The van der Waals surface area contributed by atoms with Crippen LogP contribution < -0.4 is 5.73 Å². The summed E-state index contributed by atoms with van der Waals surface area (Å²) in [5, 5.41) is 0. The molecule has 0 saturated heterocycles. The molecule has 0 bridgehead atoms. The summed E-state index contributed by atoms with van der Waals surface area (Å²) in [6.07, 6.45) is 2.31. The third kappa shape index (κ3) is 2.53. The van der Waals surface area contributed by atoms with E-state index in [0.29, 0.717) is 5.92 Å². The molecule has 0 aliphatic carbocycles. The Hall–Kier alpha value is -0.300. The molecule has 0 radical (unpaired) electrons. The lowest BCUT2D eigenvalue weighted by Crippen LogP contribution is -2.29. The van der Waals surface area contributed by atoms with E-state index in [1.807, 2.05) is 6.92 Å². The Balaban J connectivity index is 3.88. The largest absolute Gasteiger partial charge is 0.324 e. The van der Waals surface area contributed by atoms with Gasteiger partial charge >= 0.3 is 0 Å². The molecule has 0 saturated carbocycles. The van der Waals surface area contributed by atoms with Crippen LogP contribution in [0, 0.1) is 5.92 Å². The summed E-state index contributed by atoms with van der Waals surface area (Å²) in [7, 11) is 0. The molecule has 1 heteroatoms. The van der Waals surface area contributed by atoms with Crippen LogP contribution in [0.15, 0.2) is 12.2 Å². The van der Waals surface area contributed by atoms with Crippen LogP contribution in [-0.4, -0.2) is 6.04 Å². The fourth-order valence-corrected chi connectivity index (χ4v) is 1.20. The van der Waals surface area contributed by atoms with Crippen LogP contribution in [0.2, 0.25) is 0 Å². The minimum atomic E-state index is 0.204. The lowest BCUT2D eigenvalue weighted by molar-refractivity contribution is 0.432. The molecule has 10 heavy (non-hydrogen) atoms. The Morgan fingerprint density at radius 3 is 1.90 bits per heavy atom. The average Bonchev–Trinajstić information content (AvgIpc) is 1.90. The second kappa shape index (κ2) is 4.51. The fourth-order valence-electron chi connectivity index (χ4n) is 1.20. The van der Waals surface area contributed by atoms with Crippen molar-refractivity contribution in [3.05, 3.63) is 12.2 Å². The van der Waals surface area contributed by atoms with Gasteiger partial charge < -0.3 is 5.73 Å². The highest BCUT2D eigenvalue weighted by Crippen LogP contribution is 2.15. The predicted octanol–water partition coefficient (Wildman–Crippen LogP) is 2.33. The third-order valence-electron chi connectivity index (χ3n) is 2.13. The van der Waals surface area contributed by atoms with Crippen molar-refractivity contribution in [2.24, 2.45) is 11.7 Å². The molecule has 1 nitrogen and oxygen atoms in total. The molecule has 0 rings (SSSR count). The third-order valence-corrected chi connectivity index (χ3v) is 2.13. The van der Waals surface area contributed by atoms with Gasteiger partial charge in [0.05, 0.1) is 0 Å². The highest BCUT2D eigenvalue weighted by atomic mass is 14.6. The van der Waals surface area contributed by atoms with Crippen LogP contribution >= 0.6 is 0 Å². The topological polar surface area (TPSA) is 26.0 Å². The van der Waals surface area contributed by atoms with Gasteiger partial charge in [0.2, 0.25) is 0 Å². The first-order valence-corrected chi connectivity index (χ1v) is 4.04. The molecule has 0 fully saturated rings. The maximum atomic E-state index is 5.88. The van der Waals surface area contributed by atoms with Gasteiger partial charge in [-0.25, -0.2) is 0 Å². The van der Waals surface area contributed by atoms with Gasteiger partial charge in [-0.15, -0.1) is 0 Å². The van der Waals surface area contributed by atoms with Crippen molar-refractivity contribution in [3.63, 3.8) is 0 Å². The van der Waals surface area contributed by atoms with E-state index >= 15 is 0 Å². The number of hydrogen-bond donors (Lipinski definition) is 1. The average molecular weight is 141 g/mol. The van der Waals surface area contributed by atoms with Crippen molar-refractivity contribution in [2.75, 3.05) is 0 Å². The normalized spacial score (nSPS) is 13.7. The summed E-state index contributed by atoms with van der Waals surface area (Å²) in [5.41, 5.74) is 6.99. The van der Waals surface area contributed by atoms with Crippen molar-refractivity contribution >= 4 is 0 Å². The molecule has 0 aliphatic rings. The van der Waals surface area contributed by atoms with Crippen LogP contribution in [0.25, 0.3) is 0 Å². The molecule has 60 valence electrons. The molecule has 0 heterocycles. The van der Waals surface area contributed by atoms with Gasteiger partial charge in [0, 0.05) is 6.04 Å². The van der Waals surface area contributed by atoms with Gasteiger partial charge in [-0.3, -0.25) is 0 Å². The number of rotatable bonds is 4. The summed E-state index contributed by atoms with van der Waals surface area (Å²) in [5.74, 6) is 0.623. The van der Waals surface area contributed by atoms with Crippen molar-refractivity contribution in [1.29, 1.82) is 0 Å². The molecule has 0 aliphatic heterocycles. The van der Waals surface area contributed by atoms with Crippen molar-refractivity contribution in [2.45, 2.75) is 39.7 Å². The zero-order valence-electron chi connectivity index (χ0n) is 7.35. The SMILES string of the molecule is C=C(C)C(N)C(CC)CC. The minimum absolute atomic E-state index is 0.204.